The van der Waals surface area contributed by atoms with Crippen LogP contribution in [-0.4, -0.2) is 65.5 Å². The Morgan fingerprint density at radius 2 is 1.61 bits per heavy atom. The Labute approximate surface area is 295 Å². The molecule has 1 aliphatic rings. The first kappa shape index (κ1) is 35.5. The highest BCUT2D eigenvalue weighted by Gasteiger charge is 2.31. The number of ether oxygens (including phenoxy) is 1. The number of aryl methyl sites for hydroxylation is 1. The van der Waals surface area contributed by atoms with Crippen molar-refractivity contribution < 1.29 is 31.4 Å². The van der Waals surface area contributed by atoms with Crippen molar-refractivity contribution in [2.24, 2.45) is 0 Å². The molecule has 3 heterocycles. The minimum atomic E-state index is -4.19. The van der Waals surface area contributed by atoms with Gasteiger partial charge in [-0.3, -0.25) is 4.79 Å². The van der Waals surface area contributed by atoms with E-state index in [1.54, 1.807) is 41.3 Å². The van der Waals surface area contributed by atoms with E-state index < -0.39 is 27.4 Å². The molecule has 51 heavy (non-hydrogen) atoms. The number of piperidine rings is 1. The molecule has 0 atom stereocenters. The van der Waals surface area contributed by atoms with Crippen LogP contribution in [0.4, 0.5) is 20.7 Å². The fourth-order valence-electron chi connectivity index (χ4n) is 5.74. The van der Waals surface area contributed by atoms with Gasteiger partial charge in [-0.2, -0.15) is 13.5 Å². The monoisotopic (exact) mass is 714 g/mol. The first-order chi connectivity index (χ1) is 24.2. The average molecular weight is 715 g/mol. The number of pyridine rings is 1. The number of anilines is 2. The molecule has 12 nitrogen and oxygen atoms in total. The standard InChI is InChI=1S/C37H39FN6O6S/c1-24-14-16-25(17-15-24)43-33(22-32(41-43)37(2,3)4)44(50-51(5,47)48)36(46)40-31-23-39-34(28-11-7-6-10-27(28)31)49-26-18-20-42(21-19-26)35(45)29-12-8-9-13-30(29)38/h6-17,22-23,26H,18-21H2,1-5H3,(H,40,46). The van der Waals surface area contributed by atoms with Gasteiger partial charge in [0.25, 0.3) is 16.0 Å². The molecule has 5 aromatic rings. The minimum Gasteiger partial charge on any atom is -0.474 e. The maximum atomic E-state index is 14.2. The molecular weight excluding hydrogens is 676 g/mol. The Kier molecular flexibility index (Phi) is 9.82. The predicted molar refractivity (Wildman–Crippen MR) is 192 cm³/mol. The second-order valence-electron chi connectivity index (χ2n) is 13.5. The first-order valence-electron chi connectivity index (χ1n) is 16.4. The van der Waals surface area contributed by atoms with Crippen LogP contribution < -0.4 is 15.1 Å². The van der Waals surface area contributed by atoms with Crippen molar-refractivity contribution in [3.05, 3.63) is 108 Å². The number of rotatable bonds is 8. The number of likely N-dealkylation sites (tertiary alicyclic amines) is 1. The van der Waals surface area contributed by atoms with Gasteiger partial charge in [-0.25, -0.2) is 18.9 Å². The lowest BCUT2D eigenvalue weighted by atomic mass is 9.92. The Hall–Kier alpha value is -5.34. The maximum absolute atomic E-state index is 14.2. The van der Waals surface area contributed by atoms with E-state index in [0.29, 0.717) is 59.0 Å². The SMILES string of the molecule is Cc1ccc(-n2nc(C(C)(C)C)cc2N(OS(C)(=O)=O)C(=O)Nc2cnc(OC3CCN(C(=O)c4ccccc4F)CC3)c3ccccc23)cc1. The number of hydrogen-bond acceptors (Lipinski definition) is 8. The van der Waals surface area contributed by atoms with E-state index in [1.807, 2.05) is 58.0 Å². The van der Waals surface area contributed by atoms with Gasteiger partial charge < -0.3 is 15.0 Å². The number of halogens is 1. The van der Waals surface area contributed by atoms with Crippen molar-refractivity contribution >= 4 is 44.3 Å². The minimum absolute atomic E-state index is 0.0388. The van der Waals surface area contributed by atoms with Gasteiger partial charge in [-0.1, -0.05) is 68.8 Å². The zero-order chi connectivity index (χ0) is 36.5. The van der Waals surface area contributed by atoms with Gasteiger partial charge in [-0.15, -0.1) is 9.35 Å². The van der Waals surface area contributed by atoms with E-state index in [-0.39, 0.29) is 29.1 Å². The summed E-state index contributed by atoms with van der Waals surface area (Å²) in [4.78, 5) is 33.0. The number of fused-ring (bicyclic) bond motifs is 1. The van der Waals surface area contributed by atoms with E-state index in [4.69, 9.17) is 14.1 Å². The second kappa shape index (κ2) is 14.1. The van der Waals surface area contributed by atoms with E-state index >= 15 is 0 Å². The molecule has 0 bridgehead atoms. The lowest BCUT2D eigenvalue weighted by Gasteiger charge is -2.32. The molecule has 2 aromatic heterocycles. The van der Waals surface area contributed by atoms with Gasteiger partial charge in [0, 0.05) is 48.2 Å². The van der Waals surface area contributed by atoms with Gasteiger partial charge in [0.05, 0.1) is 35.1 Å². The molecule has 14 heteroatoms. The summed E-state index contributed by atoms with van der Waals surface area (Å²) in [6.07, 6.45) is 3.05. The number of benzene rings is 3. The summed E-state index contributed by atoms with van der Waals surface area (Å²) in [6.45, 7) is 8.58. The highest BCUT2D eigenvalue weighted by atomic mass is 32.2. The summed E-state index contributed by atoms with van der Waals surface area (Å²) in [6, 6.07) is 21.2. The van der Waals surface area contributed by atoms with Crippen LogP contribution in [0.2, 0.25) is 0 Å². The molecule has 1 aliphatic heterocycles. The van der Waals surface area contributed by atoms with Gasteiger partial charge in [0.15, 0.2) is 5.82 Å². The quantitative estimate of drug-likeness (QED) is 0.174. The molecule has 3 amide bonds. The largest absolute Gasteiger partial charge is 0.474 e. The lowest BCUT2D eigenvalue weighted by Crippen LogP contribution is -2.42. The molecule has 0 aliphatic carbocycles. The molecular formula is C37H39FN6O6S. The van der Waals surface area contributed by atoms with Crippen molar-refractivity contribution in [1.82, 2.24) is 19.7 Å². The highest BCUT2D eigenvalue weighted by Crippen LogP contribution is 2.33. The van der Waals surface area contributed by atoms with E-state index in [2.05, 4.69) is 10.3 Å². The molecule has 1 saturated heterocycles. The predicted octanol–water partition coefficient (Wildman–Crippen LogP) is 6.78. The Morgan fingerprint density at radius 1 is 0.961 bits per heavy atom. The number of amides is 3. The molecule has 6 rings (SSSR count). The average Bonchev–Trinajstić information content (AvgIpc) is 3.55. The smallest absolute Gasteiger partial charge is 0.353 e. The summed E-state index contributed by atoms with van der Waals surface area (Å²) >= 11 is 0. The number of aromatic nitrogens is 3. The number of hydroxylamine groups is 1. The third-order valence-corrected chi connectivity index (χ3v) is 8.87. The molecule has 0 unspecified atom stereocenters. The van der Waals surface area contributed by atoms with Crippen LogP contribution in [0.25, 0.3) is 16.5 Å². The highest BCUT2D eigenvalue weighted by molar-refractivity contribution is 7.86. The maximum Gasteiger partial charge on any atom is 0.353 e. The fraction of sp³-hybridized carbons (Fsp3) is 0.297. The Bertz CT molecular complexity index is 2190. The van der Waals surface area contributed by atoms with Gasteiger partial charge in [0.2, 0.25) is 5.88 Å². The molecule has 0 radical (unpaired) electrons. The molecule has 1 fully saturated rings. The molecule has 266 valence electrons. The normalized spacial score (nSPS) is 14.0. The third kappa shape index (κ3) is 8.02. The van der Waals surface area contributed by atoms with Crippen molar-refractivity contribution in [2.45, 2.75) is 52.1 Å². The zero-order valence-corrected chi connectivity index (χ0v) is 29.8. The number of hydrogen-bond donors (Lipinski definition) is 1. The van der Waals surface area contributed by atoms with E-state index in [9.17, 15) is 22.4 Å². The number of nitrogens with one attached hydrogen (secondary N) is 1. The van der Waals surface area contributed by atoms with E-state index in [0.717, 1.165) is 11.8 Å². The summed E-state index contributed by atoms with van der Waals surface area (Å²) in [7, 11) is -4.19. The van der Waals surface area contributed by atoms with Crippen molar-refractivity contribution in [3.8, 4) is 11.6 Å². The van der Waals surface area contributed by atoms with Crippen molar-refractivity contribution in [2.75, 3.05) is 29.7 Å². The van der Waals surface area contributed by atoms with Crippen LogP contribution >= 0.6 is 0 Å². The summed E-state index contributed by atoms with van der Waals surface area (Å²) in [5, 5.41) is 9.37. The van der Waals surface area contributed by atoms with Gasteiger partial charge in [0.1, 0.15) is 11.9 Å². The Balaban J connectivity index is 1.26. The summed E-state index contributed by atoms with van der Waals surface area (Å²) in [5.41, 5.74) is 2.09. The summed E-state index contributed by atoms with van der Waals surface area (Å²) < 4.78 is 52.3. The zero-order valence-electron chi connectivity index (χ0n) is 29.0. The Morgan fingerprint density at radius 3 is 2.25 bits per heavy atom. The number of nitrogens with zero attached hydrogens (tertiary/aromatic N) is 5. The molecule has 3 aromatic carbocycles. The van der Waals surface area contributed by atoms with Crippen LogP contribution in [0.1, 0.15) is 55.2 Å². The first-order valence-corrected chi connectivity index (χ1v) is 18.3. The number of carbonyl (C=O) groups excluding carboxylic acids is 2. The number of urea groups is 1. The molecule has 0 spiro atoms. The van der Waals surface area contributed by atoms with Crippen LogP contribution in [0.15, 0.2) is 85.1 Å². The fourth-order valence-corrected chi connectivity index (χ4v) is 6.15. The van der Waals surface area contributed by atoms with Crippen molar-refractivity contribution in [1.29, 1.82) is 0 Å². The second-order valence-corrected chi connectivity index (χ2v) is 15.1. The van der Waals surface area contributed by atoms with Crippen LogP contribution in [0.3, 0.4) is 0 Å². The van der Waals surface area contributed by atoms with Gasteiger partial charge in [-0.05, 0) is 37.3 Å². The molecule has 0 saturated carbocycles. The van der Waals surface area contributed by atoms with Crippen molar-refractivity contribution in [3.63, 3.8) is 0 Å². The van der Waals surface area contributed by atoms with Crippen LogP contribution in [0.5, 0.6) is 5.88 Å². The third-order valence-electron chi connectivity index (χ3n) is 8.45. The summed E-state index contributed by atoms with van der Waals surface area (Å²) in [5.74, 6) is -0.510. The number of carbonyl (C=O) groups is 2. The van der Waals surface area contributed by atoms with Crippen LogP contribution in [-0.2, 0) is 19.8 Å². The van der Waals surface area contributed by atoms with E-state index in [1.165, 1.54) is 23.0 Å². The molecule has 1 N–H and O–H groups in total. The van der Waals surface area contributed by atoms with Crippen LogP contribution in [0, 0.1) is 12.7 Å². The van der Waals surface area contributed by atoms with Gasteiger partial charge >= 0.3 is 6.03 Å². The lowest BCUT2D eigenvalue weighted by molar-refractivity contribution is 0.0586. The topological polar surface area (TPSA) is 136 Å².